The molecule has 7 heteroatoms. The van der Waals surface area contributed by atoms with Gasteiger partial charge in [-0.25, -0.2) is 9.59 Å². The standard InChI is InChI=1S/C18H26ClN3O3/c1-5-22(16(23)20-14-8-6-13(19)7-9-14)15-10-11-21(12-15)17(24)25-18(2,3)4/h6-9,15H,5,10-12H2,1-4H3,(H,20,23). The quantitative estimate of drug-likeness (QED) is 0.870. The fourth-order valence-electron chi connectivity index (χ4n) is 2.78. The SMILES string of the molecule is CCN(C(=O)Nc1ccc(Cl)cc1)C1CCN(C(=O)OC(C)(C)C)C1. The Hall–Kier alpha value is -1.95. The van der Waals surface area contributed by atoms with Crippen LogP contribution in [0.4, 0.5) is 15.3 Å². The zero-order chi connectivity index (χ0) is 18.6. The Morgan fingerprint density at radius 1 is 1.32 bits per heavy atom. The first-order valence-corrected chi connectivity index (χ1v) is 8.88. The van der Waals surface area contributed by atoms with Gasteiger partial charge in [0.2, 0.25) is 0 Å². The highest BCUT2D eigenvalue weighted by molar-refractivity contribution is 6.30. The zero-order valence-corrected chi connectivity index (χ0v) is 16.0. The second kappa shape index (κ2) is 7.95. The molecule has 1 aliphatic heterocycles. The second-order valence-corrected chi connectivity index (χ2v) is 7.53. The van der Waals surface area contributed by atoms with Gasteiger partial charge in [0.15, 0.2) is 0 Å². The third-order valence-electron chi connectivity index (χ3n) is 3.95. The van der Waals surface area contributed by atoms with E-state index in [2.05, 4.69) is 5.32 Å². The van der Waals surface area contributed by atoms with E-state index in [1.165, 1.54) is 0 Å². The largest absolute Gasteiger partial charge is 0.444 e. The average Bonchev–Trinajstić information content (AvgIpc) is 2.98. The Morgan fingerprint density at radius 3 is 2.52 bits per heavy atom. The van der Waals surface area contributed by atoms with Crippen molar-refractivity contribution in [3.8, 4) is 0 Å². The van der Waals surface area contributed by atoms with Gasteiger partial charge in [0, 0.05) is 30.3 Å². The molecule has 0 aliphatic carbocycles. The summed E-state index contributed by atoms with van der Waals surface area (Å²) < 4.78 is 5.41. The number of halogens is 1. The molecule has 1 fully saturated rings. The first-order chi connectivity index (χ1) is 11.7. The Balaban J connectivity index is 1.95. The Morgan fingerprint density at radius 2 is 1.96 bits per heavy atom. The summed E-state index contributed by atoms with van der Waals surface area (Å²) in [7, 11) is 0. The van der Waals surface area contributed by atoms with Crippen LogP contribution in [0.15, 0.2) is 24.3 Å². The van der Waals surface area contributed by atoms with Gasteiger partial charge in [-0.1, -0.05) is 11.6 Å². The van der Waals surface area contributed by atoms with Crippen molar-refractivity contribution >= 4 is 29.4 Å². The van der Waals surface area contributed by atoms with Crippen molar-refractivity contribution in [3.05, 3.63) is 29.3 Å². The molecule has 1 atom stereocenters. The van der Waals surface area contributed by atoms with Crippen LogP contribution < -0.4 is 5.32 Å². The van der Waals surface area contributed by atoms with E-state index in [9.17, 15) is 9.59 Å². The molecule has 1 aromatic carbocycles. The third-order valence-corrected chi connectivity index (χ3v) is 4.20. The van der Waals surface area contributed by atoms with Gasteiger partial charge in [-0.15, -0.1) is 0 Å². The van der Waals surface area contributed by atoms with Crippen molar-refractivity contribution in [2.75, 3.05) is 25.0 Å². The minimum absolute atomic E-state index is 0.0233. The smallest absolute Gasteiger partial charge is 0.410 e. The molecule has 1 aromatic rings. The summed E-state index contributed by atoms with van der Waals surface area (Å²) in [6.45, 7) is 9.09. The van der Waals surface area contributed by atoms with Crippen LogP contribution in [0.3, 0.4) is 0 Å². The lowest BCUT2D eigenvalue weighted by atomic mass is 10.2. The van der Waals surface area contributed by atoms with Gasteiger partial charge in [-0.2, -0.15) is 0 Å². The molecule has 25 heavy (non-hydrogen) atoms. The van der Waals surface area contributed by atoms with E-state index in [0.717, 1.165) is 6.42 Å². The van der Waals surface area contributed by atoms with E-state index < -0.39 is 5.60 Å². The van der Waals surface area contributed by atoms with Crippen LogP contribution in [0.1, 0.15) is 34.1 Å². The predicted molar refractivity (Wildman–Crippen MR) is 99.1 cm³/mol. The van der Waals surface area contributed by atoms with Crippen LogP contribution >= 0.6 is 11.6 Å². The lowest BCUT2D eigenvalue weighted by Crippen LogP contribution is -2.45. The predicted octanol–water partition coefficient (Wildman–Crippen LogP) is 4.20. The number of ether oxygens (including phenoxy) is 1. The molecule has 1 unspecified atom stereocenters. The lowest BCUT2D eigenvalue weighted by Gasteiger charge is -2.29. The number of likely N-dealkylation sites (N-methyl/N-ethyl adjacent to an activating group) is 1. The Bertz CT molecular complexity index is 613. The number of urea groups is 1. The molecule has 138 valence electrons. The maximum atomic E-state index is 12.6. The van der Waals surface area contributed by atoms with E-state index >= 15 is 0 Å². The fraction of sp³-hybridized carbons (Fsp3) is 0.556. The van der Waals surface area contributed by atoms with E-state index in [1.54, 1.807) is 34.1 Å². The highest BCUT2D eigenvalue weighted by Crippen LogP contribution is 2.20. The first-order valence-electron chi connectivity index (χ1n) is 8.50. The van der Waals surface area contributed by atoms with Crippen LogP contribution in [0, 0.1) is 0 Å². The molecule has 1 saturated heterocycles. The third kappa shape index (κ3) is 5.53. The van der Waals surface area contributed by atoms with Crippen LogP contribution in [-0.2, 0) is 4.74 Å². The minimum atomic E-state index is -0.522. The van der Waals surface area contributed by atoms with Gasteiger partial charge in [-0.3, -0.25) is 0 Å². The van der Waals surface area contributed by atoms with E-state index in [1.807, 2.05) is 27.7 Å². The molecule has 0 radical (unpaired) electrons. The van der Waals surface area contributed by atoms with E-state index in [0.29, 0.717) is 30.3 Å². The van der Waals surface area contributed by atoms with E-state index in [4.69, 9.17) is 16.3 Å². The Kier molecular flexibility index (Phi) is 6.16. The Labute approximate surface area is 154 Å². The summed E-state index contributed by atoms with van der Waals surface area (Å²) in [5.41, 5.74) is 0.167. The maximum absolute atomic E-state index is 12.6. The molecular formula is C18H26ClN3O3. The summed E-state index contributed by atoms with van der Waals surface area (Å²) in [6.07, 6.45) is 0.408. The number of hydrogen-bond acceptors (Lipinski definition) is 3. The number of likely N-dealkylation sites (tertiary alicyclic amines) is 1. The number of rotatable bonds is 3. The molecule has 0 saturated carbocycles. The zero-order valence-electron chi connectivity index (χ0n) is 15.2. The summed E-state index contributed by atoms with van der Waals surface area (Å²) >= 11 is 5.86. The van der Waals surface area contributed by atoms with Gasteiger partial charge in [0.05, 0.1) is 6.04 Å². The molecule has 6 nitrogen and oxygen atoms in total. The number of amides is 3. The summed E-state index contributed by atoms with van der Waals surface area (Å²) in [6, 6.07) is 6.78. The molecule has 0 spiro atoms. The van der Waals surface area contributed by atoms with Gasteiger partial charge in [0.25, 0.3) is 0 Å². The van der Waals surface area contributed by atoms with Gasteiger partial charge < -0.3 is 19.9 Å². The number of carbonyl (C=O) groups excluding carboxylic acids is 2. The van der Waals surface area contributed by atoms with E-state index in [-0.39, 0.29) is 18.2 Å². The van der Waals surface area contributed by atoms with Crippen LogP contribution in [0.25, 0.3) is 0 Å². The van der Waals surface area contributed by atoms with Crippen molar-refractivity contribution in [1.29, 1.82) is 0 Å². The highest BCUT2D eigenvalue weighted by Gasteiger charge is 2.34. The molecule has 0 aromatic heterocycles. The number of nitrogens with zero attached hydrogens (tertiary/aromatic N) is 2. The summed E-state index contributed by atoms with van der Waals surface area (Å²) in [5.74, 6) is 0. The molecule has 1 aliphatic rings. The van der Waals surface area contributed by atoms with Gasteiger partial charge >= 0.3 is 12.1 Å². The van der Waals surface area contributed by atoms with Crippen LogP contribution in [0.5, 0.6) is 0 Å². The molecule has 2 rings (SSSR count). The number of hydrogen-bond donors (Lipinski definition) is 1. The fourth-order valence-corrected chi connectivity index (χ4v) is 2.91. The van der Waals surface area contributed by atoms with Gasteiger partial charge in [-0.05, 0) is 58.4 Å². The van der Waals surface area contributed by atoms with Crippen molar-refractivity contribution in [3.63, 3.8) is 0 Å². The molecule has 0 bridgehead atoms. The first kappa shape index (κ1) is 19.4. The molecule has 1 heterocycles. The van der Waals surface area contributed by atoms with Crippen molar-refractivity contribution < 1.29 is 14.3 Å². The number of benzene rings is 1. The summed E-state index contributed by atoms with van der Waals surface area (Å²) in [5, 5.41) is 3.49. The molecular weight excluding hydrogens is 342 g/mol. The number of anilines is 1. The van der Waals surface area contributed by atoms with Crippen molar-refractivity contribution in [2.45, 2.75) is 45.8 Å². The van der Waals surface area contributed by atoms with Crippen LogP contribution in [-0.4, -0.2) is 53.2 Å². The van der Waals surface area contributed by atoms with Gasteiger partial charge in [0.1, 0.15) is 5.60 Å². The minimum Gasteiger partial charge on any atom is -0.444 e. The molecule has 3 amide bonds. The number of nitrogens with one attached hydrogen (secondary N) is 1. The lowest BCUT2D eigenvalue weighted by molar-refractivity contribution is 0.0284. The van der Waals surface area contributed by atoms with Crippen LogP contribution in [0.2, 0.25) is 5.02 Å². The topological polar surface area (TPSA) is 61.9 Å². The van der Waals surface area contributed by atoms with Crippen molar-refractivity contribution in [1.82, 2.24) is 9.80 Å². The normalized spacial score (nSPS) is 17.3. The average molecular weight is 368 g/mol. The highest BCUT2D eigenvalue weighted by atomic mass is 35.5. The number of carbonyl (C=O) groups is 2. The van der Waals surface area contributed by atoms with Crippen molar-refractivity contribution in [2.24, 2.45) is 0 Å². The molecule has 1 N–H and O–H groups in total. The summed E-state index contributed by atoms with van der Waals surface area (Å²) in [4.78, 5) is 28.2. The monoisotopic (exact) mass is 367 g/mol. The maximum Gasteiger partial charge on any atom is 0.410 e. The second-order valence-electron chi connectivity index (χ2n) is 7.09.